The molecule has 1 fully saturated rings. The van der Waals surface area contributed by atoms with Gasteiger partial charge in [-0.15, -0.1) is 0 Å². The number of aromatic nitrogens is 1. The van der Waals surface area contributed by atoms with Crippen molar-refractivity contribution in [3.63, 3.8) is 0 Å². The van der Waals surface area contributed by atoms with Crippen LogP contribution < -0.4 is 5.73 Å². The molecule has 2 rings (SSSR count). The predicted molar refractivity (Wildman–Crippen MR) is 56.0 cm³/mol. The Morgan fingerprint density at radius 2 is 2.20 bits per heavy atom. The Kier molecular flexibility index (Phi) is 2.46. The van der Waals surface area contributed by atoms with Crippen LogP contribution in [0.25, 0.3) is 0 Å². The summed E-state index contributed by atoms with van der Waals surface area (Å²) in [7, 11) is -3.06. The Bertz CT molecular complexity index is 464. The van der Waals surface area contributed by atoms with Gasteiger partial charge in [0.1, 0.15) is 16.7 Å². The van der Waals surface area contributed by atoms with Crippen molar-refractivity contribution in [1.29, 1.82) is 0 Å². The predicted octanol–water partition coefficient (Wildman–Crippen LogP) is 1.21. The summed E-state index contributed by atoms with van der Waals surface area (Å²) in [4.78, 5) is 3.96. The molecule has 0 aromatic carbocycles. The Hall–Kier alpha value is -1.04. The van der Waals surface area contributed by atoms with Gasteiger partial charge in [0.05, 0.1) is 5.75 Å². The van der Waals surface area contributed by atoms with Crippen LogP contribution in [0, 0.1) is 6.92 Å². The van der Waals surface area contributed by atoms with Crippen molar-refractivity contribution in [2.45, 2.75) is 31.4 Å². The zero-order chi connectivity index (χ0) is 11.1. The summed E-state index contributed by atoms with van der Waals surface area (Å²) in [5.74, 6) is 0.757. The molecule has 2 heterocycles. The van der Waals surface area contributed by atoms with E-state index in [0.29, 0.717) is 17.9 Å². The molecule has 1 aliphatic heterocycles. The van der Waals surface area contributed by atoms with E-state index in [1.165, 1.54) is 0 Å². The van der Waals surface area contributed by atoms with Gasteiger partial charge in [0.15, 0.2) is 9.84 Å². The number of rotatable bonds is 1. The molecule has 0 saturated carbocycles. The second-order valence-electron chi connectivity index (χ2n) is 3.84. The average Bonchev–Trinajstić information content (AvgIpc) is 2.44. The van der Waals surface area contributed by atoms with Crippen LogP contribution >= 0.6 is 0 Å². The van der Waals surface area contributed by atoms with Crippen LogP contribution in [0.5, 0.6) is 0 Å². The molecule has 1 saturated heterocycles. The van der Waals surface area contributed by atoms with E-state index in [0.717, 1.165) is 12.8 Å². The molecular weight excluding hydrogens is 216 g/mol. The van der Waals surface area contributed by atoms with E-state index in [9.17, 15) is 8.42 Å². The van der Waals surface area contributed by atoms with Crippen molar-refractivity contribution in [1.82, 2.24) is 4.98 Å². The topological polar surface area (TPSA) is 86.2 Å². The number of nitrogen functional groups attached to an aromatic ring is 1. The first-order valence-corrected chi connectivity index (χ1v) is 6.66. The van der Waals surface area contributed by atoms with E-state index in [4.69, 9.17) is 10.2 Å². The lowest BCUT2D eigenvalue weighted by Gasteiger charge is -2.20. The standard InChI is InChI=1S/C9H14N2O3S/c1-6-8(11-9(10)14-6)7-4-2-3-5-15(7,12)13/h7H,2-5H2,1H3,(H2,10,11). The van der Waals surface area contributed by atoms with Crippen LogP contribution in [0.15, 0.2) is 4.42 Å². The molecule has 1 aliphatic rings. The highest BCUT2D eigenvalue weighted by Gasteiger charge is 2.33. The number of nitrogens with zero attached hydrogens (tertiary/aromatic N) is 1. The summed E-state index contributed by atoms with van der Waals surface area (Å²) in [5.41, 5.74) is 5.89. The number of hydrogen-bond acceptors (Lipinski definition) is 5. The van der Waals surface area contributed by atoms with Crippen molar-refractivity contribution in [2.24, 2.45) is 0 Å². The van der Waals surface area contributed by atoms with Gasteiger partial charge in [-0.25, -0.2) is 8.42 Å². The smallest absolute Gasteiger partial charge is 0.292 e. The molecule has 84 valence electrons. The SMILES string of the molecule is Cc1oc(N)nc1C1CCCCS1(=O)=O. The summed E-state index contributed by atoms with van der Waals surface area (Å²) < 4.78 is 28.7. The van der Waals surface area contributed by atoms with Gasteiger partial charge >= 0.3 is 0 Å². The summed E-state index contributed by atoms with van der Waals surface area (Å²) in [6, 6.07) is 0.0447. The average molecular weight is 230 g/mol. The van der Waals surface area contributed by atoms with E-state index in [2.05, 4.69) is 4.98 Å². The van der Waals surface area contributed by atoms with Crippen molar-refractivity contribution in [2.75, 3.05) is 11.5 Å². The molecule has 0 amide bonds. The zero-order valence-corrected chi connectivity index (χ0v) is 9.38. The number of aryl methyl sites for hydroxylation is 1. The minimum absolute atomic E-state index is 0.0447. The van der Waals surface area contributed by atoms with E-state index in [1.807, 2.05) is 0 Å². The summed E-state index contributed by atoms with van der Waals surface area (Å²) in [5, 5.41) is -0.521. The minimum Gasteiger partial charge on any atom is -0.429 e. The molecule has 1 atom stereocenters. The van der Waals surface area contributed by atoms with Gasteiger partial charge in [-0.1, -0.05) is 6.42 Å². The molecule has 0 bridgehead atoms. The van der Waals surface area contributed by atoms with Crippen molar-refractivity contribution in [3.05, 3.63) is 11.5 Å². The summed E-state index contributed by atoms with van der Waals surface area (Å²) in [6.45, 7) is 1.70. The van der Waals surface area contributed by atoms with Crippen molar-refractivity contribution in [3.8, 4) is 0 Å². The van der Waals surface area contributed by atoms with Gasteiger partial charge in [-0.2, -0.15) is 4.98 Å². The van der Waals surface area contributed by atoms with Gasteiger partial charge in [0.2, 0.25) is 0 Å². The summed E-state index contributed by atoms with van der Waals surface area (Å²) in [6.07, 6.45) is 2.27. The van der Waals surface area contributed by atoms with Crippen LogP contribution in [0.3, 0.4) is 0 Å². The number of sulfone groups is 1. The molecule has 2 N–H and O–H groups in total. The maximum absolute atomic E-state index is 11.8. The first-order valence-electron chi connectivity index (χ1n) is 4.95. The number of anilines is 1. The maximum atomic E-state index is 11.8. The van der Waals surface area contributed by atoms with Gasteiger partial charge in [0.25, 0.3) is 6.01 Å². The first kappa shape index (κ1) is 10.5. The van der Waals surface area contributed by atoms with Gasteiger partial charge in [0, 0.05) is 0 Å². The second kappa shape index (κ2) is 3.52. The lowest BCUT2D eigenvalue weighted by atomic mass is 10.1. The van der Waals surface area contributed by atoms with Gasteiger partial charge < -0.3 is 10.2 Å². The summed E-state index contributed by atoms with van der Waals surface area (Å²) >= 11 is 0. The van der Waals surface area contributed by atoms with E-state index in [-0.39, 0.29) is 11.8 Å². The Labute approximate surface area is 88.6 Å². The van der Waals surface area contributed by atoms with Crippen molar-refractivity contribution >= 4 is 15.9 Å². The lowest BCUT2D eigenvalue weighted by Crippen LogP contribution is -2.22. The molecule has 0 spiro atoms. The van der Waals surface area contributed by atoms with Crippen molar-refractivity contribution < 1.29 is 12.8 Å². The van der Waals surface area contributed by atoms with E-state index in [1.54, 1.807) is 6.92 Å². The normalized spacial score (nSPS) is 25.3. The molecule has 5 nitrogen and oxygen atoms in total. The zero-order valence-electron chi connectivity index (χ0n) is 8.56. The van der Waals surface area contributed by atoms with E-state index >= 15 is 0 Å². The highest BCUT2D eigenvalue weighted by molar-refractivity contribution is 7.91. The third-order valence-corrected chi connectivity index (χ3v) is 4.92. The Morgan fingerprint density at radius 3 is 2.73 bits per heavy atom. The fourth-order valence-corrected chi connectivity index (χ4v) is 3.97. The molecule has 1 aromatic heterocycles. The maximum Gasteiger partial charge on any atom is 0.292 e. The lowest BCUT2D eigenvalue weighted by molar-refractivity contribution is 0.526. The number of oxazole rings is 1. The largest absolute Gasteiger partial charge is 0.429 e. The highest BCUT2D eigenvalue weighted by atomic mass is 32.2. The highest BCUT2D eigenvalue weighted by Crippen LogP contribution is 2.34. The fraction of sp³-hybridized carbons (Fsp3) is 0.667. The minimum atomic E-state index is -3.06. The number of nitrogens with two attached hydrogens (primary N) is 1. The molecule has 0 aliphatic carbocycles. The van der Waals surface area contributed by atoms with Gasteiger partial charge in [-0.3, -0.25) is 0 Å². The van der Waals surface area contributed by atoms with Crippen LogP contribution in [0.2, 0.25) is 0 Å². The molecule has 6 heteroatoms. The Morgan fingerprint density at radius 1 is 1.47 bits per heavy atom. The first-order chi connectivity index (χ1) is 7.00. The molecule has 15 heavy (non-hydrogen) atoms. The third-order valence-electron chi connectivity index (χ3n) is 2.73. The van der Waals surface area contributed by atoms with E-state index < -0.39 is 15.1 Å². The van der Waals surface area contributed by atoms with Gasteiger partial charge in [-0.05, 0) is 19.8 Å². The molecule has 1 unspecified atom stereocenters. The molecule has 1 aromatic rings. The van der Waals surface area contributed by atoms with Crippen LogP contribution in [0.1, 0.15) is 36.0 Å². The van der Waals surface area contributed by atoms with Crippen LogP contribution in [-0.4, -0.2) is 19.2 Å². The van der Waals surface area contributed by atoms with Crippen LogP contribution in [0.4, 0.5) is 6.01 Å². The third kappa shape index (κ3) is 1.86. The number of hydrogen-bond donors (Lipinski definition) is 1. The molecular formula is C9H14N2O3S. The fourth-order valence-electron chi connectivity index (χ4n) is 1.99. The second-order valence-corrected chi connectivity index (χ2v) is 6.15. The Balaban J connectivity index is 2.41. The molecule has 0 radical (unpaired) electrons. The quantitative estimate of drug-likeness (QED) is 0.783. The monoisotopic (exact) mass is 230 g/mol. The van der Waals surface area contributed by atoms with Crippen LogP contribution in [-0.2, 0) is 9.84 Å².